The Labute approximate surface area is 137 Å². The highest BCUT2D eigenvalue weighted by molar-refractivity contribution is 7.84. The Morgan fingerprint density at radius 1 is 1.00 bits per heavy atom. The Kier molecular flexibility index (Phi) is 4.09. The Morgan fingerprint density at radius 3 is 2.30 bits per heavy atom. The molecule has 0 radical (unpaired) electrons. The summed E-state index contributed by atoms with van der Waals surface area (Å²) in [6, 6.07) is 13.6. The summed E-state index contributed by atoms with van der Waals surface area (Å²) in [5.41, 5.74) is 3.86. The molecule has 0 bridgehead atoms. The molecule has 0 aliphatic heterocycles. The summed E-state index contributed by atoms with van der Waals surface area (Å²) in [5.74, 6) is 0. The van der Waals surface area contributed by atoms with E-state index < -0.39 is 10.8 Å². The van der Waals surface area contributed by atoms with E-state index >= 15 is 0 Å². The second-order valence-electron chi connectivity index (χ2n) is 5.56. The van der Waals surface area contributed by atoms with Crippen molar-refractivity contribution in [1.82, 2.24) is 9.13 Å². The second-order valence-corrected chi connectivity index (χ2v) is 6.94. The Morgan fingerprint density at radius 2 is 1.65 bits per heavy atom. The highest BCUT2D eigenvalue weighted by Crippen LogP contribution is 2.18. The lowest BCUT2D eigenvalue weighted by Gasteiger charge is -2.08. The van der Waals surface area contributed by atoms with Crippen LogP contribution >= 0.6 is 0 Å². The van der Waals surface area contributed by atoms with Crippen LogP contribution in [0.1, 0.15) is 5.56 Å². The van der Waals surface area contributed by atoms with Crippen molar-refractivity contribution in [2.45, 2.75) is 11.4 Å². The molecule has 0 aliphatic rings. The third-order valence-electron chi connectivity index (χ3n) is 4.02. The smallest absolute Gasteiger partial charge is 0.328 e. The number of imidazole rings is 1. The molecule has 0 fully saturated rings. The van der Waals surface area contributed by atoms with Crippen LogP contribution in [0.2, 0.25) is 0 Å². The summed E-state index contributed by atoms with van der Waals surface area (Å²) < 4.78 is 14.7. The zero-order chi connectivity index (χ0) is 16.6. The molecule has 1 aromatic heterocycles. The van der Waals surface area contributed by atoms with Gasteiger partial charge in [-0.2, -0.15) is 0 Å². The molecule has 0 spiro atoms. The Balaban J connectivity index is 1.80. The molecular formula is C17H19N3O2S. The van der Waals surface area contributed by atoms with Gasteiger partial charge in [0.2, 0.25) is 0 Å². The largest absolute Gasteiger partial charge is 0.381 e. The van der Waals surface area contributed by atoms with Crippen LogP contribution in [0.25, 0.3) is 11.0 Å². The molecule has 5 nitrogen and oxygen atoms in total. The van der Waals surface area contributed by atoms with Gasteiger partial charge in [0, 0.05) is 48.3 Å². The number of fused-ring (bicyclic) bond motifs is 1. The normalized spacial score (nSPS) is 12.5. The SMILES string of the molecule is Cn1c(=O)n(C)c2cc(NCc3ccc(S(C)=O)cc3)ccc21. The van der Waals surface area contributed by atoms with Crippen LogP contribution in [-0.4, -0.2) is 19.6 Å². The number of aromatic nitrogens is 2. The molecule has 6 heteroatoms. The fraction of sp³-hybridized carbons (Fsp3) is 0.235. The third-order valence-corrected chi connectivity index (χ3v) is 4.96. The van der Waals surface area contributed by atoms with Crippen molar-refractivity contribution in [1.29, 1.82) is 0 Å². The molecule has 1 unspecified atom stereocenters. The van der Waals surface area contributed by atoms with Gasteiger partial charge in [-0.05, 0) is 35.9 Å². The van der Waals surface area contributed by atoms with E-state index in [9.17, 15) is 9.00 Å². The summed E-state index contributed by atoms with van der Waals surface area (Å²) in [4.78, 5) is 12.8. The predicted octanol–water partition coefficient (Wildman–Crippen LogP) is 2.23. The van der Waals surface area contributed by atoms with E-state index in [1.165, 1.54) is 0 Å². The summed E-state index contributed by atoms with van der Waals surface area (Å²) in [6.07, 6.45) is 1.67. The quantitative estimate of drug-likeness (QED) is 0.798. The van der Waals surface area contributed by atoms with Crippen LogP contribution in [0.15, 0.2) is 52.2 Å². The maximum Gasteiger partial charge on any atom is 0.328 e. The first-order chi connectivity index (χ1) is 11.0. The van der Waals surface area contributed by atoms with Gasteiger partial charge in [0.1, 0.15) is 0 Å². The lowest BCUT2D eigenvalue weighted by atomic mass is 10.2. The lowest BCUT2D eigenvalue weighted by molar-refractivity contribution is 0.687. The second kappa shape index (κ2) is 6.04. The van der Waals surface area contributed by atoms with Gasteiger partial charge in [0.15, 0.2) is 0 Å². The van der Waals surface area contributed by atoms with Gasteiger partial charge in [-0.25, -0.2) is 4.79 Å². The van der Waals surface area contributed by atoms with Crippen LogP contribution < -0.4 is 11.0 Å². The number of nitrogens with one attached hydrogen (secondary N) is 1. The molecule has 3 aromatic rings. The van der Waals surface area contributed by atoms with Crippen molar-refractivity contribution in [3.63, 3.8) is 0 Å². The molecule has 120 valence electrons. The van der Waals surface area contributed by atoms with Gasteiger partial charge in [0.25, 0.3) is 0 Å². The van der Waals surface area contributed by atoms with Crippen molar-refractivity contribution in [3.05, 3.63) is 58.5 Å². The minimum atomic E-state index is -0.951. The topological polar surface area (TPSA) is 56.0 Å². The summed E-state index contributed by atoms with van der Waals surface area (Å²) in [5, 5.41) is 3.36. The highest BCUT2D eigenvalue weighted by atomic mass is 32.2. The van der Waals surface area contributed by atoms with Gasteiger partial charge < -0.3 is 5.32 Å². The Bertz CT molecular complexity index is 939. The van der Waals surface area contributed by atoms with E-state index in [4.69, 9.17) is 0 Å². The van der Waals surface area contributed by atoms with Crippen molar-refractivity contribution >= 4 is 27.5 Å². The molecule has 0 saturated carbocycles. The van der Waals surface area contributed by atoms with E-state index in [-0.39, 0.29) is 5.69 Å². The van der Waals surface area contributed by atoms with E-state index in [2.05, 4.69) is 5.32 Å². The molecule has 1 heterocycles. The lowest BCUT2D eigenvalue weighted by Crippen LogP contribution is -2.19. The van der Waals surface area contributed by atoms with Crippen molar-refractivity contribution in [3.8, 4) is 0 Å². The molecule has 0 saturated heterocycles. The van der Waals surface area contributed by atoms with E-state index in [1.807, 2.05) is 42.5 Å². The minimum Gasteiger partial charge on any atom is -0.381 e. The predicted molar refractivity (Wildman–Crippen MR) is 94.3 cm³/mol. The average Bonchev–Trinajstić information content (AvgIpc) is 2.77. The van der Waals surface area contributed by atoms with Crippen LogP contribution in [0.4, 0.5) is 5.69 Å². The molecule has 1 atom stereocenters. The van der Waals surface area contributed by atoms with Gasteiger partial charge in [0.05, 0.1) is 11.0 Å². The van der Waals surface area contributed by atoms with Crippen LogP contribution in [-0.2, 0) is 31.4 Å². The van der Waals surface area contributed by atoms with Gasteiger partial charge in [-0.15, -0.1) is 0 Å². The van der Waals surface area contributed by atoms with E-state index in [0.717, 1.165) is 27.2 Å². The zero-order valence-electron chi connectivity index (χ0n) is 13.4. The molecular weight excluding hydrogens is 310 g/mol. The number of rotatable bonds is 4. The van der Waals surface area contributed by atoms with Crippen molar-refractivity contribution in [2.24, 2.45) is 14.1 Å². The zero-order valence-corrected chi connectivity index (χ0v) is 14.2. The maximum absolute atomic E-state index is 11.9. The first-order valence-corrected chi connectivity index (χ1v) is 8.85. The van der Waals surface area contributed by atoms with E-state index in [1.54, 1.807) is 29.5 Å². The molecule has 3 rings (SSSR count). The van der Waals surface area contributed by atoms with Gasteiger partial charge in [-0.3, -0.25) is 13.3 Å². The number of benzene rings is 2. The molecule has 2 aromatic carbocycles. The molecule has 0 aliphatic carbocycles. The van der Waals surface area contributed by atoms with Crippen LogP contribution in [0.3, 0.4) is 0 Å². The molecule has 0 amide bonds. The fourth-order valence-electron chi connectivity index (χ4n) is 2.62. The maximum atomic E-state index is 11.9. The molecule has 1 N–H and O–H groups in total. The minimum absolute atomic E-state index is 0.0275. The van der Waals surface area contributed by atoms with Gasteiger partial charge >= 0.3 is 5.69 Å². The van der Waals surface area contributed by atoms with Crippen LogP contribution in [0, 0.1) is 0 Å². The number of hydrogen-bond acceptors (Lipinski definition) is 3. The number of anilines is 1. The summed E-state index contributed by atoms with van der Waals surface area (Å²) in [6.45, 7) is 0.670. The van der Waals surface area contributed by atoms with Crippen molar-refractivity contribution in [2.75, 3.05) is 11.6 Å². The number of hydrogen-bond donors (Lipinski definition) is 1. The monoisotopic (exact) mass is 329 g/mol. The van der Waals surface area contributed by atoms with Gasteiger partial charge in [-0.1, -0.05) is 12.1 Å². The summed E-state index contributed by atoms with van der Waals surface area (Å²) in [7, 11) is 2.60. The number of nitrogens with zero attached hydrogens (tertiary/aromatic N) is 2. The number of aryl methyl sites for hydroxylation is 2. The van der Waals surface area contributed by atoms with Crippen molar-refractivity contribution < 1.29 is 4.21 Å². The standard InChI is InChI=1S/C17H19N3O2S/c1-19-15-9-6-13(10-16(15)20(2)17(19)21)18-11-12-4-7-14(8-5-12)23(3)22/h4-10,18H,11H2,1-3H3. The Hall–Kier alpha value is -2.34. The fourth-order valence-corrected chi connectivity index (χ4v) is 3.14. The van der Waals surface area contributed by atoms with E-state index in [0.29, 0.717) is 6.54 Å². The highest BCUT2D eigenvalue weighted by Gasteiger charge is 2.08. The molecule has 23 heavy (non-hydrogen) atoms. The van der Waals surface area contributed by atoms with Crippen LogP contribution in [0.5, 0.6) is 0 Å². The first kappa shape index (κ1) is 15.6. The summed E-state index contributed by atoms with van der Waals surface area (Å²) >= 11 is 0. The first-order valence-electron chi connectivity index (χ1n) is 7.29. The third kappa shape index (κ3) is 2.94. The average molecular weight is 329 g/mol.